The average Bonchev–Trinajstić information content (AvgIpc) is 2.34. The van der Waals surface area contributed by atoms with Crippen LogP contribution in [0.2, 0.25) is 0 Å². The number of hydrogen-bond donors (Lipinski definition) is 1. The number of benzene rings is 1. The molecular weight excluding hydrogens is 238 g/mol. The van der Waals surface area contributed by atoms with E-state index in [-0.39, 0.29) is 5.54 Å². The molecule has 1 aromatic carbocycles. The Bertz CT molecular complexity index is 472. The molecule has 3 heteroatoms. The first-order valence-electron chi connectivity index (χ1n) is 6.43. The van der Waals surface area contributed by atoms with Crippen LogP contribution in [0.25, 0.3) is 0 Å². The fourth-order valence-electron chi connectivity index (χ4n) is 1.36. The molecule has 0 bridgehead atoms. The van der Waals surface area contributed by atoms with Gasteiger partial charge in [0.1, 0.15) is 0 Å². The van der Waals surface area contributed by atoms with Crippen molar-refractivity contribution in [2.45, 2.75) is 39.8 Å². The Kier molecular flexibility index (Phi) is 5.59. The predicted molar refractivity (Wildman–Crippen MR) is 76.5 cm³/mol. The highest BCUT2D eigenvalue weighted by Gasteiger charge is 2.07. The number of rotatable bonds is 3. The number of nitrogens with one attached hydrogen (secondary N) is 1. The molecule has 0 unspecified atom stereocenters. The van der Waals surface area contributed by atoms with E-state index in [9.17, 15) is 4.79 Å². The maximum absolute atomic E-state index is 11.1. The molecule has 1 aromatic rings. The third-order valence-electron chi connectivity index (χ3n) is 2.36. The minimum absolute atomic E-state index is 0.0996. The zero-order chi connectivity index (χ0) is 14.3. The molecule has 1 rings (SSSR count). The molecule has 0 aliphatic carbocycles. The Balaban J connectivity index is 2.59. The van der Waals surface area contributed by atoms with Crippen molar-refractivity contribution in [3.05, 3.63) is 35.4 Å². The van der Waals surface area contributed by atoms with Gasteiger partial charge >= 0.3 is 5.97 Å². The summed E-state index contributed by atoms with van der Waals surface area (Å²) in [6.07, 6.45) is 0. The first kappa shape index (κ1) is 15.3. The molecule has 102 valence electrons. The summed E-state index contributed by atoms with van der Waals surface area (Å²) in [6.45, 7) is 9.32. The van der Waals surface area contributed by atoms with Gasteiger partial charge in [0.05, 0.1) is 6.61 Å². The van der Waals surface area contributed by atoms with Crippen LogP contribution in [-0.4, -0.2) is 18.1 Å². The van der Waals surface area contributed by atoms with E-state index in [4.69, 9.17) is 4.74 Å². The molecule has 0 aliphatic heterocycles. The van der Waals surface area contributed by atoms with Gasteiger partial charge in [-0.15, -0.1) is 0 Å². The van der Waals surface area contributed by atoms with Gasteiger partial charge in [-0.25, -0.2) is 4.79 Å². The van der Waals surface area contributed by atoms with E-state index in [2.05, 4.69) is 37.9 Å². The SMILES string of the molecule is CCOC(=O)C#Cc1ccc(CNC(C)(C)C)cc1. The van der Waals surface area contributed by atoms with Crippen molar-refractivity contribution in [1.29, 1.82) is 0 Å². The van der Waals surface area contributed by atoms with Gasteiger partial charge in [-0.3, -0.25) is 0 Å². The van der Waals surface area contributed by atoms with Crippen LogP contribution in [0.1, 0.15) is 38.8 Å². The number of hydrogen-bond acceptors (Lipinski definition) is 3. The molecule has 0 spiro atoms. The molecule has 19 heavy (non-hydrogen) atoms. The van der Waals surface area contributed by atoms with Crippen molar-refractivity contribution in [3.63, 3.8) is 0 Å². The molecule has 0 atom stereocenters. The van der Waals surface area contributed by atoms with E-state index in [0.717, 1.165) is 12.1 Å². The lowest BCUT2D eigenvalue weighted by atomic mass is 10.1. The third-order valence-corrected chi connectivity index (χ3v) is 2.36. The van der Waals surface area contributed by atoms with E-state index in [0.29, 0.717) is 6.61 Å². The zero-order valence-corrected chi connectivity index (χ0v) is 12.0. The summed E-state index contributed by atoms with van der Waals surface area (Å²) in [7, 11) is 0. The van der Waals surface area contributed by atoms with Crippen molar-refractivity contribution >= 4 is 5.97 Å². The number of ether oxygens (including phenoxy) is 1. The van der Waals surface area contributed by atoms with Gasteiger partial charge in [-0.1, -0.05) is 18.1 Å². The third kappa shape index (κ3) is 6.64. The largest absolute Gasteiger partial charge is 0.456 e. The highest BCUT2D eigenvalue weighted by molar-refractivity contribution is 5.89. The monoisotopic (exact) mass is 259 g/mol. The number of carbonyl (C=O) groups is 1. The van der Waals surface area contributed by atoms with Gasteiger partial charge in [0.25, 0.3) is 0 Å². The van der Waals surface area contributed by atoms with Crippen LogP contribution in [0.5, 0.6) is 0 Å². The maximum atomic E-state index is 11.1. The Hall–Kier alpha value is -1.79. The summed E-state index contributed by atoms with van der Waals surface area (Å²) in [4.78, 5) is 11.1. The fraction of sp³-hybridized carbons (Fsp3) is 0.438. The maximum Gasteiger partial charge on any atom is 0.384 e. The average molecular weight is 259 g/mol. The lowest BCUT2D eigenvalue weighted by molar-refractivity contribution is -0.136. The van der Waals surface area contributed by atoms with Crippen molar-refractivity contribution in [2.24, 2.45) is 0 Å². The number of carbonyl (C=O) groups excluding carboxylic acids is 1. The second-order valence-corrected chi connectivity index (χ2v) is 5.27. The minimum Gasteiger partial charge on any atom is -0.456 e. The van der Waals surface area contributed by atoms with Crippen molar-refractivity contribution < 1.29 is 9.53 Å². The summed E-state index contributed by atoms with van der Waals surface area (Å²) in [5.41, 5.74) is 2.10. The molecule has 0 saturated carbocycles. The van der Waals surface area contributed by atoms with Crippen LogP contribution in [0.3, 0.4) is 0 Å². The quantitative estimate of drug-likeness (QED) is 0.669. The topological polar surface area (TPSA) is 38.3 Å². The number of esters is 1. The van der Waals surface area contributed by atoms with E-state index in [1.165, 1.54) is 5.56 Å². The lowest BCUT2D eigenvalue weighted by Crippen LogP contribution is -2.35. The smallest absolute Gasteiger partial charge is 0.384 e. The Morgan fingerprint density at radius 1 is 1.26 bits per heavy atom. The summed E-state index contributed by atoms with van der Waals surface area (Å²) in [5, 5.41) is 3.41. The lowest BCUT2D eigenvalue weighted by Gasteiger charge is -2.20. The highest BCUT2D eigenvalue weighted by Crippen LogP contribution is 2.06. The standard InChI is InChI=1S/C16H21NO2/c1-5-19-15(18)11-10-13-6-8-14(9-7-13)12-17-16(2,3)4/h6-9,17H,5,12H2,1-4H3. The summed E-state index contributed by atoms with van der Waals surface area (Å²) < 4.78 is 4.74. The minimum atomic E-state index is -0.485. The van der Waals surface area contributed by atoms with Crippen LogP contribution < -0.4 is 5.32 Å². The van der Waals surface area contributed by atoms with Gasteiger partial charge in [0.15, 0.2) is 0 Å². The van der Waals surface area contributed by atoms with Gasteiger partial charge in [0.2, 0.25) is 0 Å². The molecule has 1 N–H and O–H groups in total. The second kappa shape index (κ2) is 6.96. The van der Waals surface area contributed by atoms with Crippen molar-refractivity contribution in [3.8, 4) is 11.8 Å². The van der Waals surface area contributed by atoms with Crippen LogP contribution in [0.4, 0.5) is 0 Å². The van der Waals surface area contributed by atoms with Crippen LogP contribution in [0, 0.1) is 11.8 Å². The van der Waals surface area contributed by atoms with E-state index in [1.807, 2.05) is 24.3 Å². The first-order valence-corrected chi connectivity index (χ1v) is 6.43. The van der Waals surface area contributed by atoms with Gasteiger partial charge in [-0.2, -0.15) is 0 Å². The first-order chi connectivity index (χ1) is 8.90. The van der Waals surface area contributed by atoms with Crippen molar-refractivity contribution in [2.75, 3.05) is 6.61 Å². The Labute approximate surface area is 115 Å². The molecule has 0 amide bonds. The van der Waals surface area contributed by atoms with E-state index >= 15 is 0 Å². The molecule has 0 radical (unpaired) electrons. The van der Waals surface area contributed by atoms with Gasteiger partial charge in [0, 0.05) is 23.6 Å². The summed E-state index contributed by atoms with van der Waals surface area (Å²) >= 11 is 0. The zero-order valence-electron chi connectivity index (χ0n) is 12.0. The van der Waals surface area contributed by atoms with Gasteiger partial charge in [-0.05, 0) is 45.4 Å². The molecule has 0 heterocycles. The van der Waals surface area contributed by atoms with E-state index in [1.54, 1.807) is 6.92 Å². The Morgan fingerprint density at radius 2 is 1.89 bits per heavy atom. The highest BCUT2D eigenvalue weighted by atomic mass is 16.5. The molecule has 0 saturated heterocycles. The van der Waals surface area contributed by atoms with Crippen LogP contribution in [0.15, 0.2) is 24.3 Å². The Morgan fingerprint density at radius 3 is 2.42 bits per heavy atom. The normalized spacial score (nSPS) is 10.5. The summed E-state index contributed by atoms with van der Waals surface area (Å²) in [5.74, 6) is 4.75. The molecule has 0 aromatic heterocycles. The molecular formula is C16H21NO2. The molecule has 0 aliphatic rings. The van der Waals surface area contributed by atoms with E-state index < -0.39 is 5.97 Å². The predicted octanol–water partition coefficient (Wildman–Crippen LogP) is 2.49. The van der Waals surface area contributed by atoms with Crippen LogP contribution >= 0.6 is 0 Å². The van der Waals surface area contributed by atoms with Gasteiger partial charge < -0.3 is 10.1 Å². The fourth-order valence-corrected chi connectivity index (χ4v) is 1.36. The van der Waals surface area contributed by atoms with Crippen LogP contribution in [-0.2, 0) is 16.1 Å². The molecule has 0 fully saturated rings. The molecule has 3 nitrogen and oxygen atoms in total. The van der Waals surface area contributed by atoms with Crippen molar-refractivity contribution in [1.82, 2.24) is 5.32 Å². The second-order valence-electron chi connectivity index (χ2n) is 5.27. The summed E-state index contributed by atoms with van der Waals surface area (Å²) in [6, 6.07) is 7.83.